The summed E-state index contributed by atoms with van der Waals surface area (Å²) >= 11 is 6.12. The quantitative estimate of drug-likeness (QED) is 0.485. The van der Waals surface area contributed by atoms with Crippen LogP contribution in [0, 0.1) is 5.41 Å². The van der Waals surface area contributed by atoms with E-state index in [0.29, 0.717) is 5.70 Å². The van der Waals surface area contributed by atoms with Crippen LogP contribution in [0.4, 0.5) is 0 Å². The molecular formula is C12H15ClN4. The molecule has 0 aliphatic heterocycles. The first-order valence-corrected chi connectivity index (χ1v) is 5.34. The number of allylic oxidation sites excluding steroid dienone is 2. The molecule has 90 valence electrons. The van der Waals surface area contributed by atoms with E-state index in [1.165, 1.54) is 0 Å². The Kier molecular flexibility index (Phi) is 4.17. The molecule has 7 N–H and O–H groups in total. The van der Waals surface area contributed by atoms with Crippen LogP contribution in [0.25, 0.3) is 5.70 Å². The molecule has 0 aromatic heterocycles. The predicted molar refractivity (Wildman–Crippen MR) is 72.2 cm³/mol. The topological polar surface area (TPSA) is 102 Å². The summed E-state index contributed by atoms with van der Waals surface area (Å²) in [4.78, 5) is 0. The third-order valence-corrected chi connectivity index (χ3v) is 2.60. The Bertz CT molecular complexity index is 484. The van der Waals surface area contributed by atoms with Crippen molar-refractivity contribution in [2.45, 2.75) is 6.92 Å². The molecule has 0 aliphatic carbocycles. The maximum atomic E-state index is 7.58. The summed E-state index contributed by atoms with van der Waals surface area (Å²) in [5.41, 5.74) is 18.5. The second-order valence-electron chi connectivity index (χ2n) is 3.55. The van der Waals surface area contributed by atoms with Gasteiger partial charge in [0.15, 0.2) is 0 Å². The third-order valence-electron chi connectivity index (χ3n) is 2.20. The van der Waals surface area contributed by atoms with E-state index in [-0.39, 0.29) is 22.1 Å². The van der Waals surface area contributed by atoms with Crippen LogP contribution in [0.5, 0.6) is 0 Å². The lowest BCUT2D eigenvalue weighted by Gasteiger charge is -2.10. The smallest absolute Gasteiger partial charge is 0.104 e. The van der Waals surface area contributed by atoms with E-state index in [2.05, 4.69) is 0 Å². The van der Waals surface area contributed by atoms with Gasteiger partial charge in [-0.25, -0.2) is 0 Å². The van der Waals surface area contributed by atoms with E-state index in [4.69, 9.17) is 34.2 Å². The molecule has 0 aliphatic rings. The summed E-state index contributed by atoms with van der Waals surface area (Å²) in [6.45, 7) is 1.55. The van der Waals surface area contributed by atoms with Gasteiger partial charge in [0.05, 0.1) is 16.3 Å². The van der Waals surface area contributed by atoms with Gasteiger partial charge in [0, 0.05) is 5.71 Å². The molecule has 1 aromatic carbocycles. The summed E-state index contributed by atoms with van der Waals surface area (Å²) in [6, 6.07) is 9.21. The Morgan fingerprint density at radius 1 is 1.12 bits per heavy atom. The monoisotopic (exact) mass is 250 g/mol. The first-order chi connectivity index (χ1) is 7.95. The molecule has 0 unspecified atom stereocenters. The minimum Gasteiger partial charge on any atom is -0.397 e. The van der Waals surface area contributed by atoms with E-state index in [1.54, 1.807) is 6.92 Å². The van der Waals surface area contributed by atoms with Crippen molar-refractivity contribution in [1.29, 1.82) is 5.41 Å². The van der Waals surface area contributed by atoms with Gasteiger partial charge in [-0.3, -0.25) is 0 Å². The normalized spacial score (nSPS) is 11.6. The molecule has 17 heavy (non-hydrogen) atoms. The molecule has 4 nitrogen and oxygen atoms in total. The van der Waals surface area contributed by atoms with Gasteiger partial charge in [-0.05, 0) is 12.5 Å². The number of hydrogen-bond acceptors (Lipinski definition) is 4. The first-order valence-electron chi connectivity index (χ1n) is 4.97. The van der Waals surface area contributed by atoms with Gasteiger partial charge in [0.2, 0.25) is 0 Å². The van der Waals surface area contributed by atoms with Gasteiger partial charge in [-0.15, -0.1) is 0 Å². The lowest BCUT2D eigenvalue weighted by atomic mass is 10.1. The standard InChI is InChI=1S/C12H15ClN4/c1-7(14)9(12(16)17)10(13)11(15)8-5-3-2-4-6-8/h2-6,14H,15-17H2,1H3/b11-10+,14-7?. The zero-order valence-electron chi connectivity index (χ0n) is 9.50. The number of nitrogens with one attached hydrogen (secondary N) is 1. The lowest BCUT2D eigenvalue weighted by Crippen LogP contribution is -2.17. The van der Waals surface area contributed by atoms with E-state index in [0.717, 1.165) is 5.56 Å². The van der Waals surface area contributed by atoms with E-state index >= 15 is 0 Å². The summed E-state index contributed by atoms with van der Waals surface area (Å²) < 4.78 is 0. The average molecular weight is 251 g/mol. The molecule has 0 spiro atoms. The summed E-state index contributed by atoms with van der Waals surface area (Å²) in [5.74, 6) is -0.0126. The van der Waals surface area contributed by atoms with Gasteiger partial charge in [0.25, 0.3) is 0 Å². The molecular weight excluding hydrogens is 236 g/mol. The number of nitrogens with two attached hydrogens (primary N) is 3. The second kappa shape index (κ2) is 5.41. The van der Waals surface area contributed by atoms with Gasteiger partial charge in [-0.1, -0.05) is 41.9 Å². The van der Waals surface area contributed by atoms with Gasteiger partial charge in [-0.2, -0.15) is 0 Å². The second-order valence-corrected chi connectivity index (χ2v) is 3.93. The molecule has 0 heterocycles. The Hall–Kier alpha value is -1.94. The Morgan fingerprint density at radius 3 is 2.06 bits per heavy atom. The molecule has 0 bridgehead atoms. The van der Waals surface area contributed by atoms with Crippen LogP contribution in [0.3, 0.4) is 0 Å². The number of rotatable bonds is 3. The Labute approximate surface area is 105 Å². The molecule has 0 atom stereocenters. The van der Waals surface area contributed by atoms with Crippen LogP contribution >= 0.6 is 11.6 Å². The van der Waals surface area contributed by atoms with Gasteiger partial charge < -0.3 is 22.6 Å². The van der Waals surface area contributed by atoms with Crippen molar-refractivity contribution in [3.05, 3.63) is 52.3 Å². The molecule has 0 amide bonds. The van der Waals surface area contributed by atoms with Crippen LogP contribution < -0.4 is 17.2 Å². The summed E-state index contributed by atoms with van der Waals surface area (Å²) in [7, 11) is 0. The van der Waals surface area contributed by atoms with Crippen LogP contribution in [0.1, 0.15) is 12.5 Å². The summed E-state index contributed by atoms with van der Waals surface area (Å²) in [6.07, 6.45) is 0. The van der Waals surface area contributed by atoms with Gasteiger partial charge >= 0.3 is 0 Å². The fourth-order valence-electron chi connectivity index (χ4n) is 1.39. The highest BCUT2D eigenvalue weighted by molar-refractivity contribution is 6.38. The van der Waals surface area contributed by atoms with Crippen molar-refractivity contribution in [2.24, 2.45) is 17.2 Å². The number of hydrogen-bond donors (Lipinski definition) is 4. The molecule has 0 saturated heterocycles. The van der Waals surface area contributed by atoms with Crippen molar-refractivity contribution < 1.29 is 0 Å². The minimum absolute atomic E-state index is 0.0126. The van der Waals surface area contributed by atoms with E-state index in [1.807, 2.05) is 30.3 Å². The lowest BCUT2D eigenvalue weighted by molar-refractivity contribution is 1.21. The number of benzene rings is 1. The highest BCUT2D eigenvalue weighted by Crippen LogP contribution is 2.24. The summed E-state index contributed by atoms with van der Waals surface area (Å²) in [5, 5.41) is 7.77. The van der Waals surface area contributed by atoms with Crippen LogP contribution in [0.2, 0.25) is 0 Å². The van der Waals surface area contributed by atoms with Crippen molar-refractivity contribution in [3.63, 3.8) is 0 Å². The largest absolute Gasteiger partial charge is 0.397 e. The molecule has 0 fully saturated rings. The van der Waals surface area contributed by atoms with Crippen molar-refractivity contribution in [2.75, 3.05) is 0 Å². The molecule has 5 heteroatoms. The fraction of sp³-hybridized carbons (Fsp3) is 0.0833. The predicted octanol–water partition coefficient (Wildman–Crippen LogP) is 1.72. The maximum Gasteiger partial charge on any atom is 0.104 e. The number of halogens is 1. The van der Waals surface area contributed by atoms with Crippen LogP contribution in [-0.4, -0.2) is 5.71 Å². The zero-order valence-corrected chi connectivity index (χ0v) is 10.3. The van der Waals surface area contributed by atoms with E-state index < -0.39 is 0 Å². The molecule has 1 aromatic rings. The highest BCUT2D eigenvalue weighted by atomic mass is 35.5. The minimum atomic E-state index is -0.0126. The van der Waals surface area contributed by atoms with Crippen LogP contribution in [0.15, 0.2) is 46.8 Å². The van der Waals surface area contributed by atoms with Crippen molar-refractivity contribution >= 4 is 23.0 Å². The maximum absolute atomic E-state index is 7.58. The highest BCUT2D eigenvalue weighted by Gasteiger charge is 2.13. The molecule has 0 radical (unpaired) electrons. The van der Waals surface area contributed by atoms with E-state index in [9.17, 15) is 0 Å². The molecule has 1 rings (SSSR count). The van der Waals surface area contributed by atoms with Crippen LogP contribution in [-0.2, 0) is 0 Å². The van der Waals surface area contributed by atoms with Crippen molar-refractivity contribution in [1.82, 2.24) is 0 Å². The Morgan fingerprint density at radius 2 is 1.65 bits per heavy atom. The van der Waals surface area contributed by atoms with Gasteiger partial charge in [0.1, 0.15) is 5.82 Å². The van der Waals surface area contributed by atoms with Crippen molar-refractivity contribution in [3.8, 4) is 0 Å². The first kappa shape index (κ1) is 13.1. The zero-order chi connectivity index (χ0) is 13.0. The SMILES string of the molecule is CC(=N)C(=C(N)N)/C(Cl)=C(\N)c1ccccc1. The average Bonchev–Trinajstić information content (AvgIpc) is 2.28. The molecule has 0 saturated carbocycles. The third kappa shape index (κ3) is 3.01. The fourth-order valence-corrected chi connectivity index (χ4v) is 1.75. The Balaban J connectivity index is 3.32.